The Bertz CT molecular complexity index is 335. The fourth-order valence-corrected chi connectivity index (χ4v) is 1.16. The molecule has 1 aromatic rings. The number of carbonyl (C=O) groups is 1. The van der Waals surface area contributed by atoms with Crippen molar-refractivity contribution in [3.8, 4) is 0 Å². The fraction of sp³-hybridized carbons (Fsp3) is 0.417. The van der Waals surface area contributed by atoms with E-state index in [4.69, 9.17) is 15.6 Å². The van der Waals surface area contributed by atoms with E-state index in [9.17, 15) is 4.79 Å². The van der Waals surface area contributed by atoms with Crippen LogP contribution in [0.5, 0.6) is 0 Å². The minimum absolute atomic E-state index is 0.301. The first-order valence-corrected chi connectivity index (χ1v) is 5.16. The number of carboxylic acid groups (broad SMARTS) is 1. The summed E-state index contributed by atoms with van der Waals surface area (Å²) < 4.78 is 5.36. The van der Waals surface area contributed by atoms with Gasteiger partial charge in [-0.15, -0.1) is 0 Å². The summed E-state index contributed by atoms with van der Waals surface area (Å²) in [5.41, 5.74) is 5.41. The Kier molecular flexibility index (Phi) is 4.46. The highest BCUT2D eigenvalue weighted by molar-refractivity contribution is 5.77. The van der Waals surface area contributed by atoms with Crippen LogP contribution < -0.4 is 5.73 Å². The van der Waals surface area contributed by atoms with E-state index in [2.05, 4.69) is 0 Å². The molecular formula is C12H17NO3. The largest absolute Gasteiger partial charge is 0.480 e. The topological polar surface area (TPSA) is 72.5 Å². The molecule has 4 heteroatoms. The molecule has 0 radical (unpaired) electrons. The van der Waals surface area contributed by atoms with Gasteiger partial charge in [0.05, 0.1) is 6.61 Å². The highest BCUT2D eigenvalue weighted by Gasteiger charge is 2.27. The van der Waals surface area contributed by atoms with Crippen molar-refractivity contribution in [2.24, 2.45) is 5.73 Å². The monoisotopic (exact) mass is 223 g/mol. The van der Waals surface area contributed by atoms with Crippen molar-refractivity contribution >= 4 is 5.97 Å². The zero-order valence-corrected chi connectivity index (χ0v) is 9.35. The van der Waals surface area contributed by atoms with Crippen molar-refractivity contribution < 1.29 is 14.6 Å². The fourth-order valence-electron chi connectivity index (χ4n) is 1.16. The lowest BCUT2D eigenvalue weighted by atomic mass is 10.0. The molecule has 1 aromatic carbocycles. The lowest BCUT2D eigenvalue weighted by Crippen LogP contribution is -2.45. The number of nitrogens with two attached hydrogens (primary N) is 1. The number of carboxylic acids is 1. The van der Waals surface area contributed by atoms with E-state index in [0.29, 0.717) is 19.6 Å². The Balaban J connectivity index is 2.25. The highest BCUT2D eigenvalue weighted by Crippen LogP contribution is 2.07. The zero-order valence-electron chi connectivity index (χ0n) is 9.35. The normalized spacial score (nSPS) is 14.4. The van der Waals surface area contributed by atoms with Crippen LogP contribution in [-0.4, -0.2) is 23.2 Å². The van der Waals surface area contributed by atoms with Gasteiger partial charge < -0.3 is 15.6 Å². The van der Waals surface area contributed by atoms with Crippen LogP contribution in [0.3, 0.4) is 0 Å². The van der Waals surface area contributed by atoms with Gasteiger partial charge in [-0.05, 0) is 18.9 Å². The first-order valence-electron chi connectivity index (χ1n) is 5.16. The summed E-state index contributed by atoms with van der Waals surface area (Å²) in [7, 11) is 0. The maximum Gasteiger partial charge on any atom is 0.323 e. The molecule has 0 bridgehead atoms. The van der Waals surface area contributed by atoms with Crippen LogP contribution in [-0.2, 0) is 16.1 Å². The van der Waals surface area contributed by atoms with Gasteiger partial charge in [-0.2, -0.15) is 0 Å². The second-order valence-electron chi connectivity index (χ2n) is 4.01. The molecule has 4 nitrogen and oxygen atoms in total. The number of hydrogen-bond donors (Lipinski definition) is 2. The number of hydrogen-bond acceptors (Lipinski definition) is 3. The van der Waals surface area contributed by atoms with Gasteiger partial charge in [0.25, 0.3) is 0 Å². The van der Waals surface area contributed by atoms with Crippen LogP contribution in [0.15, 0.2) is 30.3 Å². The van der Waals surface area contributed by atoms with Crippen molar-refractivity contribution in [2.45, 2.75) is 25.5 Å². The van der Waals surface area contributed by atoms with Gasteiger partial charge in [-0.1, -0.05) is 30.3 Å². The molecule has 0 unspecified atom stereocenters. The van der Waals surface area contributed by atoms with Crippen LogP contribution in [0.1, 0.15) is 18.9 Å². The Morgan fingerprint density at radius 2 is 2.06 bits per heavy atom. The summed E-state index contributed by atoms with van der Waals surface area (Å²) in [6.45, 7) is 2.31. The second kappa shape index (κ2) is 5.63. The molecule has 1 atom stereocenters. The maximum absolute atomic E-state index is 10.7. The van der Waals surface area contributed by atoms with E-state index in [1.165, 1.54) is 6.92 Å². The van der Waals surface area contributed by atoms with Crippen LogP contribution in [0.4, 0.5) is 0 Å². The van der Waals surface area contributed by atoms with Gasteiger partial charge >= 0.3 is 5.97 Å². The first kappa shape index (κ1) is 12.7. The Morgan fingerprint density at radius 1 is 1.44 bits per heavy atom. The second-order valence-corrected chi connectivity index (χ2v) is 4.01. The van der Waals surface area contributed by atoms with Crippen LogP contribution in [0.2, 0.25) is 0 Å². The number of ether oxygens (including phenoxy) is 1. The summed E-state index contributed by atoms with van der Waals surface area (Å²) in [6, 6.07) is 9.72. The summed E-state index contributed by atoms with van der Waals surface area (Å²) in [6.07, 6.45) is 0.301. The van der Waals surface area contributed by atoms with Gasteiger partial charge in [-0.25, -0.2) is 0 Å². The Morgan fingerprint density at radius 3 is 2.62 bits per heavy atom. The first-order chi connectivity index (χ1) is 7.52. The number of benzene rings is 1. The number of rotatable bonds is 6. The van der Waals surface area contributed by atoms with E-state index in [-0.39, 0.29) is 0 Å². The molecule has 3 N–H and O–H groups in total. The van der Waals surface area contributed by atoms with Crippen molar-refractivity contribution in [2.75, 3.05) is 6.61 Å². The Labute approximate surface area is 95.0 Å². The molecule has 88 valence electrons. The quantitative estimate of drug-likeness (QED) is 0.715. The average Bonchev–Trinajstić information content (AvgIpc) is 2.26. The lowest BCUT2D eigenvalue weighted by Gasteiger charge is -2.18. The van der Waals surface area contributed by atoms with Crippen LogP contribution in [0, 0.1) is 0 Å². The van der Waals surface area contributed by atoms with E-state index in [0.717, 1.165) is 5.56 Å². The summed E-state index contributed by atoms with van der Waals surface area (Å²) >= 11 is 0. The molecule has 16 heavy (non-hydrogen) atoms. The van der Waals surface area contributed by atoms with Crippen molar-refractivity contribution in [3.63, 3.8) is 0 Å². The third-order valence-corrected chi connectivity index (χ3v) is 2.37. The smallest absolute Gasteiger partial charge is 0.323 e. The third kappa shape index (κ3) is 4.00. The predicted octanol–water partition coefficient (Wildman–Crippen LogP) is 1.40. The summed E-state index contributed by atoms with van der Waals surface area (Å²) in [5, 5.41) is 8.78. The minimum atomic E-state index is -1.21. The molecule has 0 heterocycles. The molecule has 1 rings (SSSR count). The van der Waals surface area contributed by atoms with E-state index < -0.39 is 11.5 Å². The predicted molar refractivity (Wildman–Crippen MR) is 60.9 cm³/mol. The van der Waals surface area contributed by atoms with Gasteiger partial charge in [-0.3, -0.25) is 4.79 Å². The SMILES string of the molecule is C[C@](N)(CCOCc1ccccc1)C(=O)O. The van der Waals surface area contributed by atoms with Gasteiger partial charge in [0.15, 0.2) is 0 Å². The maximum atomic E-state index is 10.7. The third-order valence-electron chi connectivity index (χ3n) is 2.37. The summed E-state index contributed by atoms with van der Waals surface area (Å²) in [5.74, 6) is -1.00. The standard InChI is InChI=1S/C12H17NO3/c1-12(13,11(14)15)7-8-16-9-10-5-3-2-4-6-10/h2-6H,7-9,13H2,1H3,(H,14,15)/t12-/m0/s1. The van der Waals surface area contributed by atoms with Crippen LogP contribution >= 0.6 is 0 Å². The molecule has 0 fully saturated rings. The molecule has 0 amide bonds. The molecule has 0 aromatic heterocycles. The van der Waals surface area contributed by atoms with Gasteiger partial charge in [0.1, 0.15) is 5.54 Å². The van der Waals surface area contributed by atoms with Crippen molar-refractivity contribution in [1.29, 1.82) is 0 Å². The van der Waals surface area contributed by atoms with E-state index in [1.807, 2.05) is 30.3 Å². The lowest BCUT2D eigenvalue weighted by molar-refractivity contribution is -0.143. The zero-order chi connectivity index (χ0) is 12.0. The molecule has 0 aliphatic rings. The van der Waals surface area contributed by atoms with E-state index in [1.54, 1.807) is 0 Å². The van der Waals surface area contributed by atoms with Gasteiger partial charge in [0.2, 0.25) is 0 Å². The van der Waals surface area contributed by atoms with Crippen LogP contribution in [0.25, 0.3) is 0 Å². The Hall–Kier alpha value is -1.39. The van der Waals surface area contributed by atoms with Gasteiger partial charge in [0, 0.05) is 6.61 Å². The van der Waals surface area contributed by atoms with Crippen molar-refractivity contribution in [1.82, 2.24) is 0 Å². The van der Waals surface area contributed by atoms with Crippen molar-refractivity contribution in [3.05, 3.63) is 35.9 Å². The minimum Gasteiger partial charge on any atom is -0.480 e. The molecule has 0 aliphatic carbocycles. The summed E-state index contributed by atoms with van der Waals surface area (Å²) in [4.78, 5) is 10.7. The molecular weight excluding hydrogens is 206 g/mol. The highest BCUT2D eigenvalue weighted by atomic mass is 16.5. The molecule has 0 spiro atoms. The average molecular weight is 223 g/mol. The molecule has 0 aliphatic heterocycles. The molecule has 0 saturated heterocycles. The molecule has 0 saturated carbocycles. The number of aliphatic carboxylic acids is 1. The van der Waals surface area contributed by atoms with E-state index >= 15 is 0 Å².